The zero-order valence-electron chi connectivity index (χ0n) is 11.5. The topological polar surface area (TPSA) is 32.3 Å². The van der Waals surface area contributed by atoms with E-state index >= 15 is 0 Å². The largest absolute Gasteiger partial charge is 0.387 e. The van der Waals surface area contributed by atoms with Crippen LogP contribution < -0.4 is 5.32 Å². The molecule has 20 heavy (non-hydrogen) atoms. The predicted octanol–water partition coefficient (Wildman–Crippen LogP) is 4.86. The highest BCUT2D eigenvalue weighted by molar-refractivity contribution is 9.10. The van der Waals surface area contributed by atoms with Crippen LogP contribution in [0, 0.1) is 13.8 Å². The van der Waals surface area contributed by atoms with Crippen molar-refractivity contribution in [3.8, 4) is 0 Å². The van der Waals surface area contributed by atoms with Gasteiger partial charge in [0.25, 0.3) is 0 Å². The van der Waals surface area contributed by atoms with Gasteiger partial charge < -0.3 is 10.4 Å². The van der Waals surface area contributed by atoms with E-state index in [2.05, 4.69) is 40.3 Å². The van der Waals surface area contributed by atoms with Crippen molar-refractivity contribution in [3.05, 3.63) is 62.6 Å². The average Bonchev–Trinajstić information content (AvgIpc) is 2.37. The fraction of sp³-hybridized carbons (Fsp3) is 0.250. The third-order valence-corrected chi connectivity index (χ3v) is 4.14. The SMILES string of the molecule is Cc1cc(C)c(NCC(O)c2ccccc2Cl)c(Br)c1. The highest BCUT2D eigenvalue weighted by Gasteiger charge is 2.12. The number of hydrogen-bond donors (Lipinski definition) is 2. The Morgan fingerprint density at radius 2 is 1.95 bits per heavy atom. The predicted molar refractivity (Wildman–Crippen MR) is 88.5 cm³/mol. The van der Waals surface area contributed by atoms with Crippen LogP contribution in [0.15, 0.2) is 40.9 Å². The molecule has 0 saturated heterocycles. The van der Waals surface area contributed by atoms with E-state index < -0.39 is 6.10 Å². The van der Waals surface area contributed by atoms with E-state index in [1.54, 1.807) is 6.07 Å². The molecule has 2 aromatic rings. The Labute approximate surface area is 132 Å². The number of hydrogen-bond acceptors (Lipinski definition) is 2. The van der Waals surface area contributed by atoms with Crippen LogP contribution in [0.3, 0.4) is 0 Å². The summed E-state index contributed by atoms with van der Waals surface area (Å²) in [4.78, 5) is 0. The fourth-order valence-electron chi connectivity index (χ4n) is 2.19. The van der Waals surface area contributed by atoms with E-state index in [-0.39, 0.29) is 0 Å². The molecule has 0 radical (unpaired) electrons. The minimum Gasteiger partial charge on any atom is -0.387 e. The van der Waals surface area contributed by atoms with Crippen molar-refractivity contribution in [2.24, 2.45) is 0 Å². The monoisotopic (exact) mass is 353 g/mol. The maximum absolute atomic E-state index is 10.2. The second-order valence-corrected chi connectivity index (χ2v) is 6.12. The molecule has 1 atom stereocenters. The first-order valence-corrected chi connectivity index (χ1v) is 7.59. The molecule has 0 aliphatic rings. The minimum absolute atomic E-state index is 0.409. The van der Waals surface area contributed by atoms with Crippen molar-refractivity contribution in [1.82, 2.24) is 0 Å². The van der Waals surface area contributed by atoms with E-state index in [0.29, 0.717) is 11.6 Å². The molecule has 0 saturated carbocycles. The number of anilines is 1. The molecule has 0 heterocycles. The van der Waals surface area contributed by atoms with Gasteiger partial charge in [-0.1, -0.05) is 35.9 Å². The van der Waals surface area contributed by atoms with Crippen molar-refractivity contribution in [1.29, 1.82) is 0 Å². The van der Waals surface area contributed by atoms with Crippen LogP contribution in [0.25, 0.3) is 0 Å². The molecular weight excluding hydrogens is 338 g/mol. The zero-order chi connectivity index (χ0) is 14.7. The lowest BCUT2D eigenvalue weighted by Crippen LogP contribution is -2.13. The van der Waals surface area contributed by atoms with Gasteiger partial charge in [0.2, 0.25) is 0 Å². The van der Waals surface area contributed by atoms with Crippen LogP contribution in [-0.4, -0.2) is 11.7 Å². The lowest BCUT2D eigenvalue weighted by atomic mass is 10.1. The summed E-state index contributed by atoms with van der Waals surface area (Å²) in [5, 5.41) is 14.1. The van der Waals surface area contributed by atoms with E-state index in [4.69, 9.17) is 11.6 Å². The summed E-state index contributed by atoms with van der Waals surface area (Å²) < 4.78 is 1.00. The van der Waals surface area contributed by atoms with Crippen LogP contribution in [0.4, 0.5) is 5.69 Å². The number of aryl methyl sites for hydroxylation is 2. The van der Waals surface area contributed by atoms with Gasteiger partial charge in [-0.05, 0) is 53.0 Å². The first kappa shape index (κ1) is 15.4. The lowest BCUT2D eigenvalue weighted by Gasteiger charge is -2.17. The summed E-state index contributed by atoms with van der Waals surface area (Å²) in [6.07, 6.45) is -0.642. The normalized spacial score (nSPS) is 12.2. The summed E-state index contributed by atoms with van der Waals surface area (Å²) in [5.74, 6) is 0. The van der Waals surface area contributed by atoms with Gasteiger partial charge in [-0.25, -0.2) is 0 Å². The smallest absolute Gasteiger partial charge is 0.0976 e. The summed E-state index contributed by atoms with van der Waals surface area (Å²) in [5.41, 5.74) is 4.08. The molecule has 2 aromatic carbocycles. The molecule has 0 aliphatic carbocycles. The number of rotatable bonds is 4. The highest BCUT2D eigenvalue weighted by atomic mass is 79.9. The number of halogens is 2. The van der Waals surface area contributed by atoms with Crippen molar-refractivity contribution in [3.63, 3.8) is 0 Å². The minimum atomic E-state index is -0.642. The van der Waals surface area contributed by atoms with E-state index in [1.165, 1.54) is 5.56 Å². The van der Waals surface area contributed by atoms with Gasteiger partial charge in [0.1, 0.15) is 0 Å². The zero-order valence-corrected chi connectivity index (χ0v) is 13.8. The molecule has 2 nitrogen and oxygen atoms in total. The quantitative estimate of drug-likeness (QED) is 0.821. The molecule has 1 unspecified atom stereocenters. The third kappa shape index (κ3) is 3.54. The van der Waals surface area contributed by atoms with Crippen molar-refractivity contribution >= 4 is 33.2 Å². The van der Waals surface area contributed by atoms with Gasteiger partial charge in [0.05, 0.1) is 11.8 Å². The molecule has 106 valence electrons. The second kappa shape index (κ2) is 6.61. The molecule has 0 spiro atoms. The molecular formula is C16H17BrClNO. The fourth-order valence-corrected chi connectivity index (χ4v) is 3.27. The molecule has 0 bridgehead atoms. The Bertz CT molecular complexity index is 592. The van der Waals surface area contributed by atoms with E-state index in [1.807, 2.05) is 25.1 Å². The van der Waals surface area contributed by atoms with Crippen LogP contribution >= 0.6 is 27.5 Å². The maximum Gasteiger partial charge on any atom is 0.0976 e. The van der Waals surface area contributed by atoms with Crippen LogP contribution in [0.1, 0.15) is 22.8 Å². The Balaban J connectivity index is 2.12. The standard InChI is InChI=1S/C16H17BrClNO/c1-10-7-11(2)16(13(17)8-10)19-9-15(20)12-5-3-4-6-14(12)18/h3-8,15,19-20H,9H2,1-2H3. The first-order chi connectivity index (χ1) is 9.49. The summed E-state index contributed by atoms with van der Waals surface area (Å²) >= 11 is 9.64. The van der Waals surface area contributed by atoms with Crippen LogP contribution in [0.5, 0.6) is 0 Å². The number of aliphatic hydroxyl groups is 1. The summed E-state index contributed by atoms with van der Waals surface area (Å²) in [7, 11) is 0. The summed E-state index contributed by atoms with van der Waals surface area (Å²) in [6, 6.07) is 11.5. The van der Waals surface area contributed by atoms with Gasteiger partial charge in [-0.15, -0.1) is 0 Å². The number of aliphatic hydroxyl groups excluding tert-OH is 1. The number of nitrogens with one attached hydrogen (secondary N) is 1. The third-order valence-electron chi connectivity index (χ3n) is 3.17. The molecule has 0 amide bonds. The Kier molecular flexibility index (Phi) is 5.08. The summed E-state index contributed by atoms with van der Waals surface area (Å²) in [6.45, 7) is 4.51. The molecule has 0 fully saturated rings. The number of benzene rings is 2. The van der Waals surface area contributed by atoms with Crippen LogP contribution in [0.2, 0.25) is 5.02 Å². The van der Waals surface area contributed by atoms with Gasteiger partial charge >= 0.3 is 0 Å². The average molecular weight is 355 g/mol. The first-order valence-electron chi connectivity index (χ1n) is 6.42. The maximum atomic E-state index is 10.2. The van der Waals surface area contributed by atoms with Crippen LogP contribution in [-0.2, 0) is 0 Å². The Morgan fingerprint density at radius 1 is 1.25 bits per heavy atom. The molecule has 0 aromatic heterocycles. The molecule has 0 aliphatic heterocycles. The molecule has 2 rings (SSSR count). The van der Waals surface area contributed by atoms with Gasteiger partial charge in [-0.2, -0.15) is 0 Å². The van der Waals surface area contributed by atoms with E-state index in [9.17, 15) is 5.11 Å². The second-order valence-electron chi connectivity index (χ2n) is 4.86. The molecule has 4 heteroatoms. The van der Waals surface area contributed by atoms with Crippen molar-refractivity contribution in [2.45, 2.75) is 20.0 Å². The Hall–Kier alpha value is -1.03. The van der Waals surface area contributed by atoms with E-state index in [0.717, 1.165) is 21.3 Å². The highest BCUT2D eigenvalue weighted by Crippen LogP contribution is 2.29. The van der Waals surface area contributed by atoms with Crippen molar-refractivity contribution in [2.75, 3.05) is 11.9 Å². The Morgan fingerprint density at radius 3 is 2.60 bits per heavy atom. The lowest BCUT2D eigenvalue weighted by molar-refractivity contribution is 0.191. The van der Waals surface area contributed by atoms with Crippen molar-refractivity contribution < 1.29 is 5.11 Å². The molecule has 2 N–H and O–H groups in total. The van der Waals surface area contributed by atoms with Gasteiger partial charge in [-0.3, -0.25) is 0 Å². The van der Waals surface area contributed by atoms with Gasteiger partial charge in [0.15, 0.2) is 0 Å². The van der Waals surface area contributed by atoms with Gasteiger partial charge in [0, 0.05) is 21.6 Å².